The molecule has 0 spiro atoms. The smallest absolute Gasteiger partial charge is 0.155 e. The molecule has 0 saturated heterocycles. The van der Waals surface area contributed by atoms with Crippen LogP contribution >= 0.6 is 37.9 Å². The molecule has 0 bridgehead atoms. The molecule has 0 aliphatic rings. The van der Waals surface area contributed by atoms with Crippen LogP contribution in [0.1, 0.15) is 0 Å². The maximum absolute atomic E-state index is 11.2. The maximum Gasteiger partial charge on any atom is 0.155 e. The van der Waals surface area contributed by atoms with Crippen molar-refractivity contribution in [2.24, 2.45) is 0 Å². The topological polar surface area (TPSA) is 34.1 Å². The molecule has 0 fully saturated rings. The van der Waals surface area contributed by atoms with E-state index in [0.717, 1.165) is 0 Å². The Morgan fingerprint density at radius 2 is 1.55 bits per heavy atom. The molecule has 0 heterocycles. The number of hydrogen-bond acceptors (Lipinski definition) is 5. The van der Waals surface area contributed by atoms with E-state index in [-0.39, 0.29) is 5.75 Å². The molecule has 68 valence electrons. The average Bonchev–Trinajstić information content (AvgIpc) is 1.89. The van der Waals surface area contributed by atoms with Crippen LogP contribution in [0.5, 0.6) is 0 Å². The summed E-state index contributed by atoms with van der Waals surface area (Å²) in [6.45, 7) is 0. The average molecular weight is 232 g/mol. The summed E-state index contributed by atoms with van der Waals surface area (Å²) in [5, 5.41) is -0.429. The van der Waals surface area contributed by atoms with Crippen LogP contribution in [0.15, 0.2) is 0 Å². The Bertz CT molecular complexity index is 183. The van der Waals surface area contributed by atoms with Gasteiger partial charge in [-0.3, -0.25) is 0 Å². The second-order valence-corrected chi connectivity index (χ2v) is 5.66. The molecule has 0 amide bonds. The Morgan fingerprint density at radius 1 is 1.09 bits per heavy atom. The molecule has 0 aromatic rings. The molecule has 0 aliphatic heterocycles. The van der Waals surface area contributed by atoms with E-state index >= 15 is 0 Å². The summed E-state index contributed by atoms with van der Waals surface area (Å²) in [4.78, 5) is 0. The van der Waals surface area contributed by atoms with Crippen molar-refractivity contribution in [1.82, 2.24) is 0 Å². The van der Waals surface area contributed by atoms with Crippen LogP contribution in [0.4, 0.5) is 0 Å². The summed E-state index contributed by atoms with van der Waals surface area (Å²) in [5.74, 6) is 1.14. The quantitative estimate of drug-likeness (QED) is 0.606. The highest BCUT2D eigenvalue weighted by Gasteiger charge is 2.21. The van der Waals surface area contributed by atoms with Gasteiger partial charge in [0.05, 0.1) is 11.0 Å². The monoisotopic (exact) mass is 232 g/mol. The van der Waals surface area contributed by atoms with Gasteiger partial charge in [0.2, 0.25) is 0 Å². The van der Waals surface area contributed by atoms with E-state index in [4.69, 9.17) is 0 Å². The first-order chi connectivity index (χ1) is 5.08. The van der Waals surface area contributed by atoms with Gasteiger partial charge in [-0.2, -0.15) is 37.9 Å². The van der Waals surface area contributed by atoms with Gasteiger partial charge in [-0.25, -0.2) is 8.42 Å². The van der Waals surface area contributed by atoms with Crippen LogP contribution in [0.2, 0.25) is 0 Å². The van der Waals surface area contributed by atoms with Crippen LogP contribution in [-0.2, 0) is 9.84 Å². The fourth-order valence-corrected chi connectivity index (χ4v) is 4.21. The van der Waals surface area contributed by atoms with Crippen molar-refractivity contribution in [2.75, 3.05) is 23.0 Å². The van der Waals surface area contributed by atoms with Gasteiger partial charge < -0.3 is 0 Å². The summed E-state index contributed by atoms with van der Waals surface area (Å²) < 4.78 is 22.5. The first kappa shape index (κ1) is 12.0. The molecular formula is C5H12O2S4. The zero-order valence-electron chi connectivity index (χ0n) is 5.97. The summed E-state index contributed by atoms with van der Waals surface area (Å²) in [6, 6.07) is 0. The third kappa shape index (κ3) is 3.96. The SMILES string of the molecule is O=S(=O)(CCS)C(CS)CS. The van der Waals surface area contributed by atoms with Crippen molar-refractivity contribution in [2.45, 2.75) is 5.25 Å². The molecule has 11 heavy (non-hydrogen) atoms. The van der Waals surface area contributed by atoms with Crippen molar-refractivity contribution in [3.8, 4) is 0 Å². The van der Waals surface area contributed by atoms with E-state index in [1.807, 2.05) is 0 Å². The Balaban J connectivity index is 4.26. The lowest BCUT2D eigenvalue weighted by molar-refractivity contribution is 0.590. The summed E-state index contributed by atoms with van der Waals surface area (Å²) >= 11 is 11.7. The van der Waals surface area contributed by atoms with Crippen molar-refractivity contribution in [3.63, 3.8) is 0 Å². The molecule has 0 aromatic carbocycles. The maximum atomic E-state index is 11.2. The normalized spacial score (nSPS) is 12.4. The fraction of sp³-hybridized carbons (Fsp3) is 1.00. The van der Waals surface area contributed by atoms with E-state index in [9.17, 15) is 8.42 Å². The Hall–Kier alpha value is 1.000. The first-order valence-corrected chi connectivity index (χ1v) is 6.74. The lowest BCUT2D eigenvalue weighted by Crippen LogP contribution is -2.28. The van der Waals surface area contributed by atoms with Gasteiger partial charge >= 0.3 is 0 Å². The lowest BCUT2D eigenvalue weighted by atomic mass is 10.5. The molecule has 0 unspecified atom stereocenters. The Morgan fingerprint density at radius 3 is 1.82 bits per heavy atom. The van der Waals surface area contributed by atoms with Gasteiger partial charge in [0.1, 0.15) is 0 Å². The largest absolute Gasteiger partial charge is 0.228 e. The Kier molecular flexibility index (Phi) is 6.12. The van der Waals surface area contributed by atoms with Crippen LogP contribution in [0.3, 0.4) is 0 Å². The molecule has 2 nitrogen and oxygen atoms in total. The van der Waals surface area contributed by atoms with Crippen LogP contribution < -0.4 is 0 Å². The minimum atomic E-state index is -3.00. The number of hydrogen-bond donors (Lipinski definition) is 3. The highest BCUT2D eigenvalue weighted by molar-refractivity contribution is 7.95. The standard InChI is InChI=1S/C5H12O2S4/c6-11(7,2-1-8)5(3-9)4-10/h5,8-10H,1-4H2. The highest BCUT2D eigenvalue weighted by atomic mass is 32.2. The molecule has 0 N–H and O–H groups in total. The van der Waals surface area contributed by atoms with Gasteiger partial charge in [-0.1, -0.05) is 0 Å². The third-order valence-electron chi connectivity index (χ3n) is 1.29. The molecule has 0 radical (unpaired) electrons. The van der Waals surface area contributed by atoms with Crippen molar-refractivity contribution < 1.29 is 8.42 Å². The minimum absolute atomic E-state index is 0.113. The summed E-state index contributed by atoms with van der Waals surface area (Å²) in [7, 11) is -3.00. The lowest BCUT2D eigenvalue weighted by Gasteiger charge is -2.10. The van der Waals surface area contributed by atoms with Gasteiger partial charge in [-0.05, 0) is 0 Å². The number of sulfone groups is 1. The van der Waals surface area contributed by atoms with E-state index < -0.39 is 15.1 Å². The molecule has 0 atom stereocenters. The van der Waals surface area contributed by atoms with Crippen LogP contribution in [-0.4, -0.2) is 36.7 Å². The van der Waals surface area contributed by atoms with Gasteiger partial charge in [0.15, 0.2) is 9.84 Å². The first-order valence-electron chi connectivity index (χ1n) is 3.12. The zero-order chi connectivity index (χ0) is 8.91. The highest BCUT2D eigenvalue weighted by Crippen LogP contribution is 2.06. The minimum Gasteiger partial charge on any atom is -0.228 e. The van der Waals surface area contributed by atoms with Crippen LogP contribution in [0.25, 0.3) is 0 Å². The molecule has 0 aliphatic carbocycles. The second kappa shape index (κ2) is 5.61. The molecule has 0 saturated carbocycles. The van der Waals surface area contributed by atoms with E-state index in [1.165, 1.54) is 0 Å². The van der Waals surface area contributed by atoms with Gasteiger partial charge in [-0.15, -0.1) is 0 Å². The summed E-state index contributed by atoms with van der Waals surface area (Å²) in [5.41, 5.74) is 0. The van der Waals surface area contributed by atoms with E-state index in [2.05, 4.69) is 37.9 Å². The number of rotatable bonds is 5. The van der Waals surface area contributed by atoms with Gasteiger partial charge in [0.25, 0.3) is 0 Å². The van der Waals surface area contributed by atoms with Crippen molar-refractivity contribution in [3.05, 3.63) is 0 Å². The number of thiol groups is 3. The summed E-state index contributed by atoms with van der Waals surface area (Å²) in [6.07, 6.45) is 0. The molecular weight excluding hydrogens is 220 g/mol. The van der Waals surface area contributed by atoms with Crippen molar-refractivity contribution in [1.29, 1.82) is 0 Å². The van der Waals surface area contributed by atoms with Gasteiger partial charge in [0, 0.05) is 17.3 Å². The predicted molar refractivity (Wildman–Crippen MR) is 59.1 cm³/mol. The second-order valence-electron chi connectivity index (χ2n) is 2.08. The van der Waals surface area contributed by atoms with E-state index in [0.29, 0.717) is 17.3 Å². The van der Waals surface area contributed by atoms with E-state index in [1.54, 1.807) is 0 Å². The Labute approximate surface area is 84.3 Å². The predicted octanol–water partition coefficient (Wildman–Crippen LogP) is 0.559. The molecule has 0 rings (SSSR count). The van der Waals surface area contributed by atoms with Crippen molar-refractivity contribution >= 4 is 47.7 Å². The fourth-order valence-electron chi connectivity index (χ4n) is 0.579. The molecule has 6 heteroatoms. The zero-order valence-corrected chi connectivity index (χ0v) is 9.47. The molecule has 0 aromatic heterocycles. The van der Waals surface area contributed by atoms with Crippen LogP contribution in [0, 0.1) is 0 Å². The third-order valence-corrected chi connectivity index (χ3v) is 5.31.